The monoisotopic (exact) mass is 338 g/mol. The Hall–Kier alpha value is -1.40. The van der Waals surface area contributed by atoms with Crippen LogP contribution in [0.5, 0.6) is 0 Å². The summed E-state index contributed by atoms with van der Waals surface area (Å²) in [5.41, 5.74) is 0.623. The van der Waals surface area contributed by atoms with Crippen LogP contribution in [0.3, 0.4) is 0 Å². The lowest BCUT2D eigenvalue weighted by Crippen LogP contribution is -2.32. The van der Waals surface area contributed by atoms with Crippen molar-refractivity contribution in [3.05, 3.63) is 24.3 Å². The average molecular weight is 338 g/mol. The largest absolute Gasteiger partial charge is 0.326 e. The maximum Gasteiger partial charge on any atom is 0.240 e. The zero-order chi connectivity index (χ0) is 16.9. The van der Waals surface area contributed by atoms with Crippen molar-refractivity contribution < 1.29 is 13.2 Å². The van der Waals surface area contributed by atoms with E-state index in [0.29, 0.717) is 18.0 Å². The average Bonchev–Trinajstić information content (AvgIpc) is 2.99. The van der Waals surface area contributed by atoms with Crippen LogP contribution < -0.4 is 10.0 Å². The molecule has 0 bridgehead atoms. The molecule has 1 amide bonds. The minimum atomic E-state index is -3.47. The summed E-state index contributed by atoms with van der Waals surface area (Å²) in [6.07, 6.45) is 5.39. The summed E-state index contributed by atoms with van der Waals surface area (Å²) in [4.78, 5) is 12.1. The lowest BCUT2D eigenvalue weighted by Gasteiger charge is -2.13. The standard InChI is InChI=1S/C17H26N2O3S/c1-3-13(2)12-17(20)18-14-8-10-16(11-9-14)23(21,22)19-15-6-4-5-7-15/h8-11,13,15,19H,3-7,12H2,1-2H3,(H,18,20)/t13-/m1/s1. The van der Waals surface area contributed by atoms with E-state index in [4.69, 9.17) is 0 Å². The molecule has 6 heteroatoms. The molecule has 1 aliphatic carbocycles. The summed E-state index contributed by atoms with van der Waals surface area (Å²) in [7, 11) is -3.47. The molecule has 128 valence electrons. The van der Waals surface area contributed by atoms with Gasteiger partial charge in [-0.1, -0.05) is 33.1 Å². The second-order valence-electron chi connectivity index (χ2n) is 6.39. The van der Waals surface area contributed by atoms with E-state index in [1.54, 1.807) is 12.1 Å². The van der Waals surface area contributed by atoms with Gasteiger partial charge in [0.15, 0.2) is 0 Å². The van der Waals surface area contributed by atoms with Gasteiger partial charge in [-0.15, -0.1) is 0 Å². The highest BCUT2D eigenvalue weighted by molar-refractivity contribution is 7.89. The van der Waals surface area contributed by atoms with E-state index in [1.807, 2.05) is 6.92 Å². The van der Waals surface area contributed by atoms with Gasteiger partial charge in [-0.25, -0.2) is 13.1 Å². The quantitative estimate of drug-likeness (QED) is 0.801. The van der Waals surface area contributed by atoms with Gasteiger partial charge in [-0.2, -0.15) is 0 Å². The second kappa shape index (κ2) is 7.93. The number of amides is 1. The fraction of sp³-hybridized carbons (Fsp3) is 0.588. The highest BCUT2D eigenvalue weighted by atomic mass is 32.2. The van der Waals surface area contributed by atoms with E-state index in [1.165, 1.54) is 12.1 Å². The molecule has 1 atom stereocenters. The van der Waals surface area contributed by atoms with Gasteiger partial charge in [0, 0.05) is 18.2 Å². The molecule has 2 rings (SSSR count). The lowest BCUT2D eigenvalue weighted by molar-refractivity contribution is -0.117. The first-order valence-corrected chi connectivity index (χ1v) is 9.81. The molecule has 0 aliphatic heterocycles. The van der Waals surface area contributed by atoms with E-state index in [0.717, 1.165) is 32.1 Å². The fourth-order valence-electron chi connectivity index (χ4n) is 2.72. The van der Waals surface area contributed by atoms with Crippen LogP contribution in [-0.2, 0) is 14.8 Å². The number of hydrogen-bond donors (Lipinski definition) is 2. The van der Waals surface area contributed by atoms with Gasteiger partial charge in [0.1, 0.15) is 0 Å². The number of carbonyl (C=O) groups is 1. The second-order valence-corrected chi connectivity index (χ2v) is 8.11. The molecular formula is C17H26N2O3S. The SMILES string of the molecule is CC[C@@H](C)CC(=O)Nc1ccc(S(=O)(=O)NC2CCCC2)cc1. The van der Waals surface area contributed by atoms with Crippen molar-refractivity contribution in [2.75, 3.05) is 5.32 Å². The zero-order valence-electron chi connectivity index (χ0n) is 13.8. The summed E-state index contributed by atoms with van der Waals surface area (Å²) in [6, 6.07) is 6.40. The molecule has 0 radical (unpaired) electrons. The minimum absolute atomic E-state index is 0.0426. The first-order chi connectivity index (χ1) is 10.9. The highest BCUT2D eigenvalue weighted by Gasteiger charge is 2.22. The van der Waals surface area contributed by atoms with Crippen molar-refractivity contribution in [2.45, 2.75) is 63.3 Å². The maximum atomic E-state index is 12.3. The molecule has 1 aromatic carbocycles. The molecular weight excluding hydrogens is 312 g/mol. The lowest BCUT2D eigenvalue weighted by atomic mass is 10.1. The number of nitrogens with one attached hydrogen (secondary N) is 2. The molecule has 1 fully saturated rings. The summed E-state index contributed by atoms with van der Waals surface area (Å²) in [5, 5.41) is 2.80. The predicted octanol–water partition coefficient (Wildman–Crippen LogP) is 3.28. The Kier molecular flexibility index (Phi) is 6.18. The van der Waals surface area contributed by atoms with Crippen molar-refractivity contribution in [1.82, 2.24) is 4.72 Å². The Morgan fingerprint density at radius 3 is 2.39 bits per heavy atom. The van der Waals surface area contributed by atoms with E-state index < -0.39 is 10.0 Å². The van der Waals surface area contributed by atoms with Gasteiger partial charge >= 0.3 is 0 Å². The Balaban J connectivity index is 1.96. The first-order valence-electron chi connectivity index (χ1n) is 8.33. The van der Waals surface area contributed by atoms with Crippen molar-refractivity contribution in [1.29, 1.82) is 0 Å². The molecule has 0 aromatic heterocycles. The van der Waals surface area contributed by atoms with Crippen LogP contribution in [-0.4, -0.2) is 20.4 Å². The zero-order valence-corrected chi connectivity index (χ0v) is 14.7. The van der Waals surface area contributed by atoms with E-state index in [-0.39, 0.29) is 16.8 Å². The fourth-order valence-corrected chi connectivity index (χ4v) is 4.03. The van der Waals surface area contributed by atoms with Gasteiger partial charge in [0.05, 0.1) is 4.90 Å². The molecule has 1 saturated carbocycles. The third kappa shape index (κ3) is 5.32. The Morgan fingerprint density at radius 1 is 1.22 bits per heavy atom. The van der Waals surface area contributed by atoms with Gasteiger partial charge in [0.2, 0.25) is 15.9 Å². The minimum Gasteiger partial charge on any atom is -0.326 e. The van der Waals surface area contributed by atoms with Crippen molar-refractivity contribution in [3.8, 4) is 0 Å². The molecule has 0 saturated heterocycles. The number of anilines is 1. The maximum absolute atomic E-state index is 12.3. The van der Waals surface area contributed by atoms with Crippen LogP contribution >= 0.6 is 0 Å². The van der Waals surface area contributed by atoms with Crippen LogP contribution in [0.2, 0.25) is 0 Å². The van der Waals surface area contributed by atoms with Crippen molar-refractivity contribution in [3.63, 3.8) is 0 Å². The molecule has 1 aromatic rings. The first kappa shape index (κ1) is 17.9. The van der Waals surface area contributed by atoms with E-state index >= 15 is 0 Å². The van der Waals surface area contributed by atoms with Gasteiger partial charge < -0.3 is 5.32 Å². The predicted molar refractivity (Wildman–Crippen MR) is 91.7 cm³/mol. The third-order valence-corrected chi connectivity index (χ3v) is 5.89. The van der Waals surface area contributed by atoms with Crippen LogP contribution in [0.4, 0.5) is 5.69 Å². The van der Waals surface area contributed by atoms with Crippen LogP contribution in [0.25, 0.3) is 0 Å². The number of rotatable bonds is 7. The Labute approximate surface area is 138 Å². The van der Waals surface area contributed by atoms with Crippen LogP contribution in [0.15, 0.2) is 29.2 Å². The highest BCUT2D eigenvalue weighted by Crippen LogP contribution is 2.21. The van der Waals surface area contributed by atoms with Crippen LogP contribution in [0.1, 0.15) is 52.4 Å². The molecule has 1 aliphatic rings. The van der Waals surface area contributed by atoms with Crippen molar-refractivity contribution >= 4 is 21.6 Å². The van der Waals surface area contributed by atoms with Crippen LogP contribution in [0, 0.1) is 5.92 Å². The topological polar surface area (TPSA) is 75.3 Å². The summed E-state index contributed by atoms with van der Waals surface area (Å²) in [5.74, 6) is 0.296. The number of hydrogen-bond acceptors (Lipinski definition) is 3. The Morgan fingerprint density at radius 2 is 1.83 bits per heavy atom. The third-order valence-electron chi connectivity index (χ3n) is 4.36. The summed E-state index contributed by atoms with van der Waals surface area (Å²) in [6.45, 7) is 4.08. The molecule has 0 unspecified atom stereocenters. The van der Waals surface area contributed by atoms with E-state index in [9.17, 15) is 13.2 Å². The number of sulfonamides is 1. The normalized spacial score (nSPS) is 17.1. The van der Waals surface area contributed by atoms with Gasteiger partial charge in [0.25, 0.3) is 0 Å². The molecule has 0 spiro atoms. The summed E-state index contributed by atoms with van der Waals surface area (Å²) >= 11 is 0. The molecule has 5 nitrogen and oxygen atoms in total. The van der Waals surface area contributed by atoms with E-state index in [2.05, 4.69) is 17.0 Å². The Bertz CT molecular complexity index is 620. The smallest absolute Gasteiger partial charge is 0.240 e. The number of benzene rings is 1. The van der Waals surface area contributed by atoms with Gasteiger partial charge in [-0.3, -0.25) is 4.79 Å². The van der Waals surface area contributed by atoms with Crippen molar-refractivity contribution in [2.24, 2.45) is 5.92 Å². The molecule has 2 N–H and O–H groups in total. The summed E-state index contributed by atoms with van der Waals surface area (Å²) < 4.78 is 27.4. The number of carbonyl (C=O) groups excluding carboxylic acids is 1. The van der Waals surface area contributed by atoms with Gasteiger partial charge in [-0.05, 0) is 43.0 Å². The molecule has 0 heterocycles. The molecule has 23 heavy (non-hydrogen) atoms.